The van der Waals surface area contributed by atoms with Gasteiger partial charge >= 0.3 is 0 Å². The average Bonchev–Trinajstić information content (AvgIpc) is 2.90. The van der Waals surface area contributed by atoms with E-state index in [1.165, 1.54) is 0 Å². The topological polar surface area (TPSA) is 88.5 Å². The predicted molar refractivity (Wildman–Crippen MR) is 114 cm³/mol. The van der Waals surface area contributed by atoms with Gasteiger partial charge in [-0.05, 0) is 49.8 Å². The van der Waals surface area contributed by atoms with Crippen LogP contribution in [0.25, 0.3) is 11.1 Å². The van der Waals surface area contributed by atoms with E-state index < -0.39 is 5.91 Å². The minimum Gasteiger partial charge on any atom is -0.506 e. The number of aliphatic hydroxyl groups is 1. The molecule has 4 N–H and O–H groups in total. The molecule has 1 unspecified atom stereocenters. The third-order valence-electron chi connectivity index (χ3n) is 5.23. The van der Waals surface area contributed by atoms with Crippen molar-refractivity contribution in [1.82, 2.24) is 4.57 Å². The maximum absolute atomic E-state index is 12.4. The minimum atomic E-state index is -0.470. The number of phenols is 1. The molecular formula is C22H31ClN2O3. The van der Waals surface area contributed by atoms with Crippen molar-refractivity contribution in [1.29, 1.82) is 0 Å². The van der Waals surface area contributed by atoms with E-state index in [-0.39, 0.29) is 17.4 Å². The van der Waals surface area contributed by atoms with E-state index in [1.807, 2.05) is 6.92 Å². The molecular weight excluding hydrogens is 376 g/mol. The van der Waals surface area contributed by atoms with E-state index in [9.17, 15) is 9.90 Å². The van der Waals surface area contributed by atoms with Crippen LogP contribution < -0.4 is 5.73 Å². The molecule has 1 aromatic heterocycles. The predicted octanol–water partition coefficient (Wildman–Crippen LogP) is 4.67. The lowest BCUT2D eigenvalue weighted by molar-refractivity contribution is 0.1000. The Morgan fingerprint density at radius 2 is 2.04 bits per heavy atom. The number of rotatable bonds is 10. The molecule has 0 aliphatic heterocycles. The van der Waals surface area contributed by atoms with Crippen LogP contribution in [0.2, 0.25) is 5.02 Å². The van der Waals surface area contributed by atoms with E-state index in [4.69, 9.17) is 22.4 Å². The van der Waals surface area contributed by atoms with E-state index in [0.717, 1.165) is 48.2 Å². The van der Waals surface area contributed by atoms with Crippen LogP contribution in [0.1, 0.15) is 61.3 Å². The maximum Gasteiger partial charge on any atom is 0.251 e. The number of aromatic nitrogens is 1. The third-order valence-corrected chi connectivity index (χ3v) is 5.53. The fourth-order valence-corrected chi connectivity index (χ4v) is 4.07. The highest BCUT2D eigenvalue weighted by molar-refractivity contribution is 6.32. The summed E-state index contributed by atoms with van der Waals surface area (Å²) >= 11 is 6.15. The lowest BCUT2D eigenvalue weighted by atomic mass is 9.93. The Morgan fingerprint density at radius 3 is 2.61 bits per heavy atom. The van der Waals surface area contributed by atoms with Crippen molar-refractivity contribution >= 4 is 17.5 Å². The first-order valence-electron chi connectivity index (χ1n) is 9.93. The molecule has 0 saturated heterocycles. The second-order valence-corrected chi connectivity index (χ2v) is 7.90. The lowest BCUT2D eigenvalue weighted by Crippen LogP contribution is -2.13. The molecule has 0 fully saturated rings. The zero-order valence-electron chi connectivity index (χ0n) is 17.0. The minimum absolute atomic E-state index is 0.00560. The maximum atomic E-state index is 12.4. The van der Waals surface area contributed by atoms with Crippen LogP contribution in [0.15, 0.2) is 18.2 Å². The molecule has 6 heteroatoms. The van der Waals surface area contributed by atoms with Gasteiger partial charge in [-0.3, -0.25) is 4.79 Å². The van der Waals surface area contributed by atoms with E-state index >= 15 is 0 Å². The monoisotopic (exact) mass is 406 g/mol. The summed E-state index contributed by atoms with van der Waals surface area (Å²) in [7, 11) is 0. The summed E-state index contributed by atoms with van der Waals surface area (Å²) in [4.78, 5) is 12.4. The number of primary amides is 1. The number of hydrogen-bond donors (Lipinski definition) is 3. The van der Waals surface area contributed by atoms with Gasteiger partial charge < -0.3 is 20.5 Å². The second kappa shape index (κ2) is 9.99. The first kappa shape index (κ1) is 22.3. The Kier molecular flexibility index (Phi) is 7.96. The number of aromatic hydroxyl groups is 1. The highest BCUT2D eigenvalue weighted by Crippen LogP contribution is 2.38. The largest absolute Gasteiger partial charge is 0.506 e. The first-order chi connectivity index (χ1) is 13.3. The standard InChI is InChI=1S/C22H31ClN2O3/c1-4-7-14(2)12-18-21(16-8-9-19(27)17(23)13-16)20(22(24)28)15(3)25(18)10-5-6-11-26/h8-9,13-14,26-27H,4-7,10-12H2,1-3H3,(H2,24,28). The Balaban J connectivity index is 2.68. The van der Waals surface area contributed by atoms with Gasteiger partial charge in [0.25, 0.3) is 5.91 Å². The van der Waals surface area contributed by atoms with E-state index in [0.29, 0.717) is 24.4 Å². The number of carbonyl (C=O) groups is 1. The zero-order valence-corrected chi connectivity index (χ0v) is 17.7. The van der Waals surface area contributed by atoms with Crippen LogP contribution in [0.4, 0.5) is 0 Å². The Morgan fingerprint density at radius 1 is 1.32 bits per heavy atom. The number of amides is 1. The number of aliphatic hydroxyl groups excluding tert-OH is 1. The van der Waals surface area contributed by atoms with Crippen LogP contribution in [0.3, 0.4) is 0 Å². The summed E-state index contributed by atoms with van der Waals surface area (Å²) in [6, 6.07) is 5.00. The third kappa shape index (κ3) is 4.89. The summed E-state index contributed by atoms with van der Waals surface area (Å²) in [6.07, 6.45) is 4.51. The molecule has 0 bridgehead atoms. The Labute approximate surface area is 172 Å². The molecule has 0 radical (unpaired) electrons. The smallest absolute Gasteiger partial charge is 0.251 e. The van der Waals surface area contributed by atoms with Gasteiger partial charge in [-0.1, -0.05) is 44.4 Å². The van der Waals surface area contributed by atoms with Crippen molar-refractivity contribution in [2.75, 3.05) is 6.61 Å². The van der Waals surface area contributed by atoms with Crippen LogP contribution in [0.5, 0.6) is 5.75 Å². The Bertz CT molecular complexity index is 830. The molecule has 0 spiro atoms. The van der Waals surface area contributed by atoms with Gasteiger partial charge in [-0.25, -0.2) is 0 Å². The van der Waals surface area contributed by atoms with Crippen molar-refractivity contribution in [3.05, 3.63) is 40.2 Å². The van der Waals surface area contributed by atoms with Crippen molar-refractivity contribution < 1.29 is 15.0 Å². The lowest BCUT2D eigenvalue weighted by Gasteiger charge is -2.17. The molecule has 1 amide bonds. The molecule has 5 nitrogen and oxygen atoms in total. The molecule has 1 heterocycles. The molecule has 0 aliphatic rings. The SMILES string of the molecule is CCCC(C)Cc1c(-c2ccc(O)c(Cl)c2)c(C(N)=O)c(C)n1CCCCO. The summed E-state index contributed by atoms with van der Waals surface area (Å²) in [5, 5.41) is 19.2. The molecule has 2 rings (SSSR count). The van der Waals surface area contributed by atoms with E-state index in [2.05, 4.69) is 18.4 Å². The summed E-state index contributed by atoms with van der Waals surface area (Å²) < 4.78 is 2.16. The molecule has 2 aromatic rings. The van der Waals surface area contributed by atoms with Gasteiger partial charge in [0.1, 0.15) is 5.75 Å². The number of nitrogens with two attached hydrogens (primary N) is 1. The quantitative estimate of drug-likeness (QED) is 0.501. The molecule has 1 aromatic carbocycles. The average molecular weight is 407 g/mol. The highest BCUT2D eigenvalue weighted by Gasteiger charge is 2.26. The highest BCUT2D eigenvalue weighted by atomic mass is 35.5. The summed E-state index contributed by atoms with van der Waals surface area (Å²) in [6.45, 7) is 7.15. The first-order valence-corrected chi connectivity index (χ1v) is 10.3. The van der Waals surface area contributed by atoms with Crippen LogP contribution >= 0.6 is 11.6 Å². The number of unbranched alkanes of at least 4 members (excludes halogenated alkanes) is 1. The number of benzene rings is 1. The summed E-state index contributed by atoms with van der Waals surface area (Å²) in [5.74, 6) is -0.0176. The second-order valence-electron chi connectivity index (χ2n) is 7.49. The van der Waals surface area contributed by atoms with Crippen LogP contribution in [-0.2, 0) is 13.0 Å². The van der Waals surface area contributed by atoms with Gasteiger partial charge in [-0.2, -0.15) is 0 Å². The number of halogens is 1. The fraction of sp³-hybridized carbons (Fsp3) is 0.500. The molecule has 28 heavy (non-hydrogen) atoms. The molecule has 0 saturated carbocycles. The van der Waals surface area contributed by atoms with Crippen molar-refractivity contribution in [3.8, 4) is 16.9 Å². The number of phenolic OH excluding ortho intramolecular Hbond substituents is 1. The number of carbonyl (C=O) groups excluding carboxylic acids is 1. The van der Waals surface area contributed by atoms with Gasteiger partial charge in [-0.15, -0.1) is 0 Å². The van der Waals surface area contributed by atoms with Gasteiger partial charge in [0.15, 0.2) is 0 Å². The van der Waals surface area contributed by atoms with Crippen LogP contribution in [-0.4, -0.2) is 27.3 Å². The van der Waals surface area contributed by atoms with Crippen molar-refractivity contribution in [3.63, 3.8) is 0 Å². The Hall–Kier alpha value is -1.98. The molecule has 0 aliphatic carbocycles. The van der Waals surface area contributed by atoms with Gasteiger partial charge in [0.05, 0.1) is 10.6 Å². The normalized spacial score (nSPS) is 12.3. The summed E-state index contributed by atoms with van der Waals surface area (Å²) in [5.41, 5.74) is 9.76. The van der Waals surface area contributed by atoms with Gasteiger partial charge in [0.2, 0.25) is 0 Å². The molecule has 154 valence electrons. The zero-order chi connectivity index (χ0) is 20.8. The van der Waals surface area contributed by atoms with E-state index in [1.54, 1.807) is 18.2 Å². The number of nitrogens with zero attached hydrogens (tertiary/aromatic N) is 1. The fourth-order valence-electron chi connectivity index (χ4n) is 3.89. The van der Waals surface area contributed by atoms with Crippen molar-refractivity contribution in [2.24, 2.45) is 11.7 Å². The molecule has 1 atom stereocenters. The van der Waals surface area contributed by atoms with Gasteiger partial charge in [0, 0.05) is 30.1 Å². The number of hydrogen-bond acceptors (Lipinski definition) is 3. The van der Waals surface area contributed by atoms with Crippen LogP contribution in [0, 0.1) is 12.8 Å². The van der Waals surface area contributed by atoms with Crippen molar-refractivity contribution in [2.45, 2.75) is 59.4 Å².